The van der Waals surface area contributed by atoms with Crippen LogP contribution in [0.15, 0.2) is 24.3 Å². The summed E-state index contributed by atoms with van der Waals surface area (Å²) < 4.78 is 23.9. The molecule has 1 aliphatic heterocycles. The minimum atomic E-state index is -0.950. The third-order valence-electron chi connectivity index (χ3n) is 3.51. The molecule has 18 heavy (non-hydrogen) atoms. The van der Waals surface area contributed by atoms with Gasteiger partial charge in [-0.15, -0.1) is 0 Å². The maximum Gasteiger partial charge on any atom is 0.316 e. The van der Waals surface area contributed by atoms with Gasteiger partial charge in [-0.2, -0.15) is 0 Å². The third kappa shape index (κ3) is 2.25. The van der Waals surface area contributed by atoms with Gasteiger partial charge < -0.3 is 9.47 Å². The van der Waals surface area contributed by atoms with E-state index in [-0.39, 0.29) is 11.7 Å². The zero-order chi connectivity index (χ0) is 13.2. The molecule has 98 valence electrons. The predicted molar refractivity (Wildman–Crippen MR) is 64.7 cm³/mol. The van der Waals surface area contributed by atoms with Gasteiger partial charge in [0.2, 0.25) is 0 Å². The van der Waals surface area contributed by atoms with Crippen LogP contribution < -0.4 is 0 Å². The minimum absolute atomic E-state index is 0.286. The summed E-state index contributed by atoms with van der Waals surface area (Å²) in [6, 6.07) is 6.36. The van der Waals surface area contributed by atoms with Gasteiger partial charge in [0.1, 0.15) is 5.82 Å². The SMILES string of the molecule is COC(=O)C(C)(CC1COC1)c1ccccc1F. The molecule has 0 amide bonds. The molecule has 1 unspecified atom stereocenters. The van der Waals surface area contributed by atoms with Gasteiger partial charge in [0.25, 0.3) is 0 Å². The van der Waals surface area contributed by atoms with Gasteiger partial charge in [0.05, 0.1) is 25.7 Å². The summed E-state index contributed by atoms with van der Waals surface area (Å²) in [6.45, 7) is 2.98. The molecule has 1 atom stereocenters. The van der Waals surface area contributed by atoms with Crippen LogP contribution in [0.25, 0.3) is 0 Å². The number of hydrogen-bond donors (Lipinski definition) is 0. The van der Waals surface area contributed by atoms with Crippen LogP contribution in [0.5, 0.6) is 0 Å². The molecule has 0 aromatic heterocycles. The van der Waals surface area contributed by atoms with E-state index in [0.29, 0.717) is 25.2 Å². The summed E-state index contributed by atoms with van der Waals surface area (Å²) in [4.78, 5) is 12.0. The summed E-state index contributed by atoms with van der Waals surface area (Å²) in [5.41, 5.74) is -0.557. The van der Waals surface area contributed by atoms with Crippen molar-refractivity contribution in [3.05, 3.63) is 35.6 Å². The van der Waals surface area contributed by atoms with Gasteiger partial charge in [-0.3, -0.25) is 4.79 Å². The zero-order valence-corrected chi connectivity index (χ0v) is 10.6. The van der Waals surface area contributed by atoms with Gasteiger partial charge in [-0.25, -0.2) is 4.39 Å². The van der Waals surface area contributed by atoms with E-state index in [1.54, 1.807) is 25.1 Å². The highest BCUT2D eigenvalue weighted by molar-refractivity contribution is 5.82. The average molecular weight is 252 g/mol. The molecule has 0 aliphatic carbocycles. The van der Waals surface area contributed by atoms with Crippen LogP contribution in [0.2, 0.25) is 0 Å². The second-order valence-electron chi connectivity index (χ2n) is 4.91. The molecule has 1 saturated heterocycles. The van der Waals surface area contributed by atoms with Crippen LogP contribution in [0, 0.1) is 11.7 Å². The molecule has 1 aliphatic rings. The fourth-order valence-electron chi connectivity index (χ4n) is 2.42. The van der Waals surface area contributed by atoms with Crippen LogP contribution >= 0.6 is 0 Å². The van der Waals surface area contributed by atoms with E-state index in [1.165, 1.54) is 13.2 Å². The fourth-order valence-corrected chi connectivity index (χ4v) is 2.42. The van der Waals surface area contributed by atoms with Crippen molar-refractivity contribution in [1.29, 1.82) is 0 Å². The number of hydrogen-bond acceptors (Lipinski definition) is 3. The van der Waals surface area contributed by atoms with E-state index >= 15 is 0 Å². The first kappa shape index (κ1) is 13.0. The third-order valence-corrected chi connectivity index (χ3v) is 3.51. The van der Waals surface area contributed by atoms with Crippen molar-refractivity contribution in [3.8, 4) is 0 Å². The number of esters is 1. The van der Waals surface area contributed by atoms with E-state index in [2.05, 4.69) is 0 Å². The van der Waals surface area contributed by atoms with Gasteiger partial charge in [-0.1, -0.05) is 18.2 Å². The molecule has 0 bridgehead atoms. The Morgan fingerprint density at radius 1 is 1.50 bits per heavy atom. The molecule has 1 aromatic carbocycles. The summed E-state index contributed by atoms with van der Waals surface area (Å²) in [6.07, 6.45) is 0.542. The lowest BCUT2D eigenvalue weighted by atomic mass is 9.74. The van der Waals surface area contributed by atoms with Crippen LogP contribution in [0.4, 0.5) is 4.39 Å². The molecule has 0 spiro atoms. The smallest absolute Gasteiger partial charge is 0.316 e. The van der Waals surface area contributed by atoms with E-state index in [9.17, 15) is 9.18 Å². The maximum absolute atomic E-state index is 13.9. The molecule has 4 heteroatoms. The first-order valence-electron chi connectivity index (χ1n) is 5.99. The Labute approximate surface area is 106 Å². The lowest BCUT2D eigenvalue weighted by molar-refractivity contribution is -0.149. The van der Waals surface area contributed by atoms with E-state index in [4.69, 9.17) is 9.47 Å². The molecule has 0 N–H and O–H groups in total. The van der Waals surface area contributed by atoms with Gasteiger partial charge in [-0.05, 0) is 19.4 Å². The molecule has 0 saturated carbocycles. The number of halogens is 1. The summed E-state index contributed by atoms with van der Waals surface area (Å²) in [7, 11) is 1.33. The van der Waals surface area contributed by atoms with Crippen LogP contribution in [-0.4, -0.2) is 26.3 Å². The highest BCUT2D eigenvalue weighted by Gasteiger charge is 2.42. The Morgan fingerprint density at radius 2 is 2.17 bits per heavy atom. The van der Waals surface area contributed by atoms with Crippen molar-refractivity contribution in [2.75, 3.05) is 20.3 Å². The Bertz CT molecular complexity index is 442. The van der Waals surface area contributed by atoms with Crippen molar-refractivity contribution < 1.29 is 18.7 Å². The molecule has 2 rings (SSSR count). The Morgan fingerprint density at radius 3 is 2.67 bits per heavy atom. The molecule has 1 heterocycles. The van der Waals surface area contributed by atoms with Crippen LogP contribution in [-0.2, 0) is 19.7 Å². The number of methoxy groups -OCH3 is 1. The quantitative estimate of drug-likeness (QED) is 0.771. The lowest BCUT2D eigenvalue weighted by Gasteiger charge is -2.35. The van der Waals surface area contributed by atoms with Crippen molar-refractivity contribution in [3.63, 3.8) is 0 Å². The number of carbonyl (C=O) groups is 1. The van der Waals surface area contributed by atoms with Crippen molar-refractivity contribution in [2.45, 2.75) is 18.8 Å². The number of benzene rings is 1. The zero-order valence-electron chi connectivity index (χ0n) is 10.6. The summed E-state index contributed by atoms with van der Waals surface area (Å²) >= 11 is 0. The second-order valence-corrected chi connectivity index (χ2v) is 4.91. The Balaban J connectivity index is 2.34. The highest BCUT2D eigenvalue weighted by Crippen LogP contribution is 2.36. The summed E-state index contributed by atoms with van der Waals surface area (Å²) in [5, 5.41) is 0. The molecule has 3 nitrogen and oxygen atoms in total. The second kappa shape index (κ2) is 5.06. The molecular formula is C14H17FO3. The molecular weight excluding hydrogens is 235 g/mol. The molecule has 1 aromatic rings. The average Bonchev–Trinajstić information content (AvgIpc) is 2.33. The van der Waals surface area contributed by atoms with Crippen LogP contribution in [0.1, 0.15) is 18.9 Å². The molecule has 1 fully saturated rings. The topological polar surface area (TPSA) is 35.5 Å². The number of rotatable bonds is 4. The number of ether oxygens (including phenoxy) is 2. The van der Waals surface area contributed by atoms with Gasteiger partial charge >= 0.3 is 5.97 Å². The van der Waals surface area contributed by atoms with Gasteiger partial charge in [0.15, 0.2) is 0 Å². The molecule has 0 radical (unpaired) electrons. The minimum Gasteiger partial charge on any atom is -0.468 e. The first-order valence-corrected chi connectivity index (χ1v) is 5.99. The van der Waals surface area contributed by atoms with E-state index in [0.717, 1.165) is 0 Å². The van der Waals surface area contributed by atoms with Crippen molar-refractivity contribution in [1.82, 2.24) is 0 Å². The highest BCUT2D eigenvalue weighted by atomic mass is 19.1. The Kier molecular flexibility index (Phi) is 3.66. The largest absolute Gasteiger partial charge is 0.468 e. The summed E-state index contributed by atoms with van der Waals surface area (Å²) in [5.74, 6) is -0.487. The monoisotopic (exact) mass is 252 g/mol. The predicted octanol–water partition coefficient (Wildman–Crippen LogP) is 2.29. The standard InChI is InChI=1S/C14H17FO3/c1-14(13(16)17-2,7-10-8-18-9-10)11-5-3-4-6-12(11)15/h3-6,10H,7-9H2,1-2H3. The number of carbonyl (C=O) groups excluding carboxylic acids is 1. The van der Waals surface area contributed by atoms with E-state index < -0.39 is 11.4 Å². The normalized spacial score (nSPS) is 18.8. The van der Waals surface area contributed by atoms with Crippen LogP contribution in [0.3, 0.4) is 0 Å². The van der Waals surface area contributed by atoms with E-state index in [1.807, 2.05) is 0 Å². The first-order chi connectivity index (χ1) is 8.58. The lowest BCUT2D eigenvalue weighted by Crippen LogP contribution is -2.41. The fraction of sp³-hybridized carbons (Fsp3) is 0.500. The van der Waals surface area contributed by atoms with Crippen molar-refractivity contribution >= 4 is 5.97 Å². The van der Waals surface area contributed by atoms with Gasteiger partial charge in [0, 0.05) is 11.5 Å². The maximum atomic E-state index is 13.9. The van der Waals surface area contributed by atoms with Crippen molar-refractivity contribution in [2.24, 2.45) is 5.92 Å². The Hall–Kier alpha value is -1.42.